The Morgan fingerprint density at radius 3 is 2.36 bits per heavy atom. The van der Waals surface area contributed by atoms with Crippen LogP contribution >= 0.6 is 11.3 Å². The van der Waals surface area contributed by atoms with Gasteiger partial charge in [-0.25, -0.2) is 14.5 Å². The molecule has 192 valence electrons. The molecular weight excluding hydrogens is 500 g/mol. The third-order valence-corrected chi connectivity index (χ3v) is 8.61. The number of likely N-dealkylation sites (tertiary alicyclic amines) is 1. The number of nitrogens with one attached hydrogen (secondary N) is 1. The van der Waals surface area contributed by atoms with Crippen LogP contribution in [0.4, 0.5) is 4.79 Å². The Labute approximate surface area is 215 Å². The normalized spacial score (nSPS) is 21.0. The first-order valence-corrected chi connectivity index (χ1v) is 14.2. The van der Waals surface area contributed by atoms with Gasteiger partial charge < -0.3 is 9.47 Å². The van der Waals surface area contributed by atoms with Crippen molar-refractivity contribution in [1.82, 2.24) is 18.9 Å². The summed E-state index contributed by atoms with van der Waals surface area (Å²) in [5, 5.41) is 0.622. The van der Waals surface area contributed by atoms with Crippen LogP contribution in [-0.2, 0) is 21.5 Å². The molecule has 1 aromatic heterocycles. The quantitative estimate of drug-likeness (QED) is 0.509. The van der Waals surface area contributed by atoms with Gasteiger partial charge in [-0.3, -0.25) is 4.90 Å². The van der Waals surface area contributed by atoms with Crippen LogP contribution in [0.1, 0.15) is 26.3 Å². The van der Waals surface area contributed by atoms with Crippen LogP contribution in [0.15, 0.2) is 48.5 Å². The van der Waals surface area contributed by atoms with Gasteiger partial charge in [-0.05, 0) is 62.4 Å². The fraction of sp³-hybridized carbons (Fsp3) is 0.440. The number of fused-ring (bicyclic) bond motifs is 2. The van der Waals surface area contributed by atoms with E-state index in [1.165, 1.54) is 21.2 Å². The first kappa shape index (κ1) is 24.9. The van der Waals surface area contributed by atoms with Crippen molar-refractivity contribution >= 4 is 37.9 Å². The van der Waals surface area contributed by atoms with Crippen molar-refractivity contribution in [3.8, 4) is 10.9 Å². The minimum Gasteiger partial charge on any atom is -0.443 e. The summed E-state index contributed by atoms with van der Waals surface area (Å²) in [7, 11) is -3.92. The number of hydrogen-bond donors (Lipinski definition) is 1. The highest BCUT2D eigenvalue weighted by Gasteiger charge is 2.44. The molecule has 2 unspecified atom stereocenters. The maximum Gasteiger partial charge on any atom is 0.422 e. The van der Waals surface area contributed by atoms with E-state index in [2.05, 4.69) is 22.0 Å². The van der Waals surface area contributed by atoms with Gasteiger partial charge in [0.15, 0.2) is 0 Å². The Bertz CT molecular complexity index is 1300. The van der Waals surface area contributed by atoms with E-state index in [9.17, 15) is 13.2 Å². The number of amides is 1. The monoisotopic (exact) mass is 530 g/mol. The molecular formula is C25H30N4O5S2. The number of thiazole rings is 1. The Morgan fingerprint density at radius 2 is 1.72 bits per heavy atom. The predicted octanol–water partition coefficient (Wildman–Crippen LogP) is 4.22. The molecule has 11 heteroatoms. The van der Waals surface area contributed by atoms with Crippen LogP contribution in [0, 0.1) is 11.8 Å². The lowest BCUT2D eigenvalue weighted by atomic mass is 10.0. The number of carbonyl (C=O) groups is 1. The number of rotatable bonds is 6. The van der Waals surface area contributed by atoms with Crippen molar-refractivity contribution in [1.29, 1.82) is 0 Å². The van der Waals surface area contributed by atoms with Crippen LogP contribution in [0.5, 0.6) is 10.9 Å². The summed E-state index contributed by atoms with van der Waals surface area (Å²) in [5.74, 6) is 1.22. The molecule has 2 atom stereocenters. The topological polar surface area (TPSA) is 101 Å². The van der Waals surface area contributed by atoms with Crippen LogP contribution in [0.25, 0.3) is 10.2 Å². The molecule has 0 aliphatic carbocycles. The molecule has 0 bridgehead atoms. The van der Waals surface area contributed by atoms with E-state index in [0.29, 0.717) is 18.3 Å². The van der Waals surface area contributed by atoms with Gasteiger partial charge in [0.25, 0.3) is 5.19 Å². The molecule has 9 nitrogen and oxygen atoms in total. The number of carbonyl (C=O) groups excluding carboxylic acids is 1. The van der Waals surface area contributed by atoms with E-state index < -0.39 is 21.9 Å². The summed E-state index contributed by atoms with van der Waals surface area (Å²) in [4.78, 5) is 18.8. The Hall–Kier alpha value is -2.73. The van der Waals surface area contributed by atoms with Gasteiger partial charge in [0, 0.05) is 32.7 Å². The van der Waals surface area contributed by atoms with Gasteiger partial charge in [0.1, 0.15) is 11.4 Å². The molecule has 1 N–H and O–H groups in total. The SMILES string of the molecule is CC(C)(C)OC(=O)NS(=O)(=O)N1CC2CN(Cc3ccc(Oc4nc5ccccc5s4)cc3)CC2C1. The Kier molecular flexibility index (Phi) is 6.67. The number of para-hydroxylation sites is 1. The van der Waals surface area contributed by atoms with Crippen molar-refractivity contribution in [2.45, 2.75) is 32.9 Å². The first-order valence-electron chi connectivity index (χ1n) is 11.9. The summed E-state index contributed by atoms with van der Waals surface area (Å²) >= 11 is 1.52. The first-order chi connectivity index (χ1) is 17.0. The molecule has 0 radical (unpaired) electrons. The number of nitrogens with zero attached hydrogens (tertiary/aromatic N) is 3. The fourth-order valence-electron chi connectivity index (χ4n) is 4.76. The molecule has 2 aliphatic rings. The number of benzene rings is 2. The summed E-state index contributed by atoms with van der Waals surface area (Å²) in [6.07, 6.45) is -0.947. The maximum atomic E-state index is 12.6. The second-order valence-corrected chi connectivity index (χ2v) is 13.0. The molecule has 2 aliphatic heterocycles. The molecule has 3 heterocycles. The molecule has 5 rings (SSSR count). The van der Waals surface area contributed by atoms with Crippen LogP contribution in [0.2, 0.25) is 0 Å². The molecule has 0 saturated carbocycles. The highest BCUT2D eigenvalue weighted by molar-refractivity contribution is 7.87. The summed E-state index contributed by atoms with van der Waals surface area (Å²) in [5.41, 5.74) is 1.34. The van der Waals surface area contributed by atoms with E-state index in [0.717, 1.165) is 35.6 Å². The molecule has 2 saturated heterocycles. The van der Waals surface area contributed by atoms with Gasteiger partial charge in [-0.15, -0.1) is 0 Å². The Balaban J connectivity index is 1.12. The zero-order valence-corrected chi connectivity index (χ0v) is 22.1. The fourth-order valence-corrected chi connectivity index (χ4v) is 6.75. The number of aromatic nitrogens is 1. The Morgan fingerprint density at radius 1 is 1.06 bits per heavy atom. The van der Waals surface area contributed by atoms with E-state index in [4.69, 9.17) is 9.47 Å². The maximum absolute atomic E-state index is 12.6. The van der Waals surface area contributed by atoms with E-state index in [-0.39, 0.29) is 11.8 Å². The van der Waals surface area contributed by atoms with Crippen LogP contribution < -0.4 is 9.46 Å². The molecule has 36 heavy (non-hydrogen) atoms. The average molecular weight is 531 g/mol. The van der Waals surface area contributed by atoms with Crippen molar-refractivity contribution in [2.24, 2.45) is 11.8 Å². The largest absolute Gasteiger partial charge is 0.443 e. The van der Waals surface area contributed by atoms with Crippen molar-refractivity contribution < 1.29 is 22.7 Å². The third-order valence-electron chi connectivity index (χ3n) is 6.29. The summed E-state index contributed by atoms with van der Waals surface area (Å²) in [6, 6.07) is 16.0. The predicted molar refractivity (Wildman–Crippen MR) is 138 cm³/mol. The lowest BCUT2D eigenvalue weighted by Gasteiger charge is -2.23. The lowest BCUT2D eigenvalue weighted by molar-refractivity contribution is 0.0567. The summed E-state index contributed by atoms with van der Waals surface area (Å²) < 4.78 is 40.8. The molecule has 3 aromatic rings. The highest BCUT2D eigenvalue weighted by Crippen LogP contribution is 2.34. The molecule has 2 aromatic carbocycles. The van der Waals surface area contributed by atoms with E-state index in [1.54, 1.807) is 20.8 Å². The highest BCUT2D eigenvalue weighted by atomic mass is 32.2. The van der Waals surface area contributed by atoms with Gasteiger partial charge in [-0.1, -0.05) is 35.6 Å². The molecule has 2 fully saturated rings. The third kappa shape index (κ3) is 5.80. The second kappa shape index (κ2) is 9.62. The standard InChI is InChI=1S/C25H30N4O5S2/c1-25(2,3)34-23(30)27-36(31,32)29-15-18-13-28(14-19(18)16-29)12-17-8-10-20(11-9-17)33-24-26-21-6-4-5-7-22(21)35-24/h4-11,18-19H,12-16H2,1-3H3,(H,27,30). The lowest BCUT2D eigenvalue weighted by Crippen LogP contribution is -2.45. The van der Waals surface area contributed by atoms with Crippen molar-refractivity contribution in [3.63, 3.8) is 0 Å². The zero-order chi connectivity index (χ0) is 25.5. The minimum absolute atomic E-state index is 0.238. The van der Waals surface area contributed by atoms with Gasteiger partial charge in [-0.2, -0.15) is 12.7 Å². The van der Waals surface area contributed by atoms with Gasteiger partial charge in [0.05, 0.1) is 10.2 Å². The van der Waals surface area contributed by atoms with E-state index >= 15 is 0 Å². The number of ether oxygens (including phenoxy) is 2. The van der Waals surface area contributed by atoms with Gasteiger partial charge in [0.2, 0.25) is 0 Å². The smallest absolute Gasteiger partial charge is 0.422 e. The van der Waals surface area contributed by atoms with Gasteiger partial charge >= 0.3 is 16.3 Å². The summed E-state index contributed by atoms with van der Waals surface area (Å²) in [6.45, 7) is 8.28. The van der Waals surface area contributed by atoms with Crippen molar-refractivity contribution in [3.05, 3.63) is 54.1 Å². The van der Waals surface area contributed by atoms with Crippen LogP contribution in [0.3, 0.4) is 0 Å². The number of hydrogen-bond acceptors (Lipinski definition) is 8. The van der Waals surface area contributed by atoms with Crippen LogP contribution in [-0.4, -0.2) is 60.5 Å². The minimum atomic E-state index is -3.92. The average Bonchev–Trinajstić information content (AvgIpc) is 3.46. The second-order valence-electron chi connectivity index (χ2n) is 10.3. The molecule has 0 spiro atoms. The molecule has 1 amide bonds. The zero-order valence-electron chi connectivity index (χ0n) is 20.5. The van der Waals surface area contributed by atoms with E-state index in [1.807, 2.05) is 41.1 Å². The van der Waals surface area contributed by atoms with Crippen molar-refractivity contribution in [2.75, 3.05) is 26.2 Å².